The molecule has 0 saturated carbocycles. The van der Waals surface area contributed by atoms with Gasteiger partial charge in [0.15, 0.2) is 0 Å². The first-order valence-electron chi connectivity index (χ1n) is 7.49. The van der Waals surface area contributed by atoms with Gasteiger partial charge in [-0.05, 0) is 52.3 Å². The van der Waals surface area contributed by atoms with E-state index in [1.165, 1.54) is 5.57 Å². The standard InChI is InChI=1S/C19H26ClN3/c1-12(2)14(5)18(15(6)23(7)13(3)4)19(22-21)16-8-10-17(20)11-9-16/h8-11H,3,21H2,1-2,4-7H3/b18-15-,22-19-. The molecule has 0 bridgehead atoms. The molecule has 124 valence electrons. The number of hydrazone groups is 1. The Balaban J connectivity index is 3.63. The van der Waals surface area contributed by atoms with Crippen LogP contribution in [0.25, 0.3) is 0 Å². The van der Waals surface area contributed by atoms with E-state index in [2.05, 4.69) is 39.4 Å². The summed E-state index contributed by atoms with van der Waals surface area (Å²) >= 11 is 5.99. The minimum Gasteiger partial charge on any atom is -0.352 e. The SMILES string of the molecule is C=C(C)N(C)/C(C)=C(C(C)=C(C)C)\C(=N/N)c1ccc(Cl)cc1. The zero-order valence-electron chi connectivity index (χ0n) is 14.9. The molecule has 1 aromatic rings. The van der Waals surface area contributed by atoms with Crippen molar-refractivity contribution in [2.75, 3.05) is 7.05 Å². The minimum absolute atomic E-state index is 0.686. The lowest BCUT2D eigenvalue weighted by atomic mass is 9.92. The summed E-state index contributed by atoms with van der Waals surface area (Å²) in [7, 11) is 1.99. The van der Waals surface area contributed by atoms with Gasteiger partial charge in [-0.25, -0.2) is 0 Å². The largest absolute Gasteiger partial charge is 0.352 e. The fraction of sp³-hybridized carbons (Fsp3) is 0.316. The van der Waals surface area contributed by atoms with Crippen LogP contribution in [0, 0.1) is 0 Å². The third-order valence-electron chi connectivity index (χ3n) is 4.05. The van der Waals surface area contributed by atoms with Crippen LogP contribution in [0.5, 0.6) is 0 Å². The summed E-state index contributed by atoms with van der Waals surface area (Å²) in [6, 6.07) is 7.55. The maximum Gasteiger partial charge on any atom is 0.0991 e. The molecule has 0 atom stereocenters. The van der Waals surface area contributed by atoms with Crippen molar-refractivity contribution in [1.29, 1.82) is 0 Å². The van der Waals surface area contributed by atoms with E-state index in [9.17, 15) is 0 Å². The lowest BCUT2D eigenvalue weighted by Crippen LogP contribution is -2.20. The van der Waals surface area contributed by atoms with Gasteiger partial charge in [-0.1, -0.05) is 35.9 Å². The van der Waals surface area contributed by atoms with Gasteiger partial charge in [-0.15, -0.1) is 0 Å². The van der Waals surface area contributed by atoms with Crippen molar-refractivity contribution < 1.29 is 0 Å². The smallest absolute Gasteiger partial charge is 0.0991 e. The van der Waals surface area contributed by atoms with Gasteiger partial charge >= 0.3 is 0 Å². The molecule has 23 heavy (non-hydrogen) atoms. The Morgan fingerprint density at radius 2 is 1.61 bits per heavy atom. The van der Waals surface area contributed by atoms with Crippen molar-refractivity contribution >= 4 is 17.3 Å². The van der Waals surface area contributed by atoms with Crippen molar-refractivity contribution in [3.63, 3.8) is 0 Å². The number of nitrogens with two attached hydrogens (primary N) is 1. The summed E-state index contributed by atoms with van der Waals surface area (Å²) < 4.78 is 0. The normalized spacial score (nSPS) is 12.6. The highest BCUT2D eigenvalue weighted by atomic mass is 35.5. The van der Waals surface area contributed by atoms with Crippen LogP contribution in [0.3, 0.4) is 0 Å². The summed E-state index contributed by atoms with van der Waals surface area (Å²) in [5.74, 6) is 5.75. The number of allylic oxidation sites excluding steroid dienone is 5. The number of nitrogens with zero attached hydrogens (tertiary/aromatic N) is 2. The highest BCUT2D eigenvalue weighted by Crippen LogP contribution is 2.26. The summed E-state index contributed by atoms with van der Waals surface area (Å²) in [5.41, 5.74) is 7.05. The van der Waals surface area contributed by atoms with Crippen LogP contribution in [0.1, 0.15) is 40.2 Å². The second kappa shape index (κ2) is 8.02. The Bertz CT molecular complexity index is 675. The van der Waals surface area contributed by atoms with Gasteiger partial charge in [0.1, 0.15) is 0 Å². The molecular formula is C19H26ClN3. The lowest BCUT2D eigenvalue weighted by Gasteiger charge is -2.25. The molecule has 0 aliphatic carbocycles. The predicted molar refractivity (Wildman–Crippen MR) is 102 cm³/mol. The first-order chi connectivity index (χ1) is 10.7. The van der Waals surface area contributed by atoms with Crippen LogP contribution in [0.15, 0.2) is 64.1 Å². The van der Waals surface area contributed by atoms with Gasteiger partial charge in [0.2, 0.25) is 0 Å². The van der Waals surface area contributed by atoms with E-state index in [1.54, 1.807) is 0 Å². The first kappa shape index (κ1) is 19.0. The van der Waals surface area contributed by atoms with Crippen molar-refractivity contribution in [1.82, 2.24) is 4.90 Å². The molecule has 0 spiro atoms. The second-order valence-electron chi connectivity index (χ2n) is 5.86. The zero-order valence-corrected chi connectivity index (χ0v) is 15.6. The van der Waals surface area contributed by atoms with E-state index in [-0.39, 0.29) is 0 Å². The van der Waals surface area contributed by atoms with Crippen LogP contribution in [-0.2, 0) is 0 Å². The van der Waals surface area contributed by atoms with Gasteiger partial charge in [-0.3, -0.25) is 0 Å². The average molecular weight is 332 g/mol. The van der Waals surface area contributed by atoms with Crippen LogP contribution in [-0.4, -0.2) is 17.7 Å². The lowest BCUT2D eigenvalue weighted by molar-refractivity contribution is 0.521. The molecule has 0 aliphatic heterocycles. The maximum atomic E-state index is 5.99. The van der Waals surface area contributed by atoms with Crippen molar-refractivity contribution in [2.24, 2.45) is 10.9 Å². The van der Waals surface area contributed by atoms with E-state index in [0.717, 1.165) is 33.8 Å². The fourth-order valence-corrected chi connectivity index (χ4v) is 2.34. The summed E-state index contributed by atoms with van der Waals surface area (Å²) in [6.07, 6.45) is 0. The number of benzene rings is 1. The molecule has 0 fully saturated rings. The summed E-state index contributed by atoms with van der Waals surface area (Å²) in [5, 5.41) is 4.77. The molecule has 0 radical (unpaired) electrons. The van der Waals surface area contributed by atoms with Crippen molar-refractivity contribution in [2.45, 2.75) is 34.6 Å². The zero-order chi connectivity index (χ0) is 17.7. The van der Waals surface area contributed by atoms with E-state index >= 15 is 0 Å². The molecule has 4 heteroatoms. The Morgan fingerprint density at radius 3 is 2.00 bits per heavy atom. The average Bonchev–Trinajstić information content (AvgIpc) is 2.51. The van der Waals surface area contributed by atoms with Crippen LogP contribution in [0.2, 0.25) is 5.02 Å². The topological polar surface area (TPSA) is 41.6 Å². The predicted octanol–water partition coefficient (Wildman–Crippen LogP) is 5.10. The van der Waals surface area contributed by atoms with Gasteiger partial charge in [-0.2, -0.15) is 5.10 Å². The fourth-order valence-electron chi connectivity index (χ4n) is 2.22. The van der Waals surface area contributed by atoms with E-state index in [1.807, 2.05) is 43.1 Å². The Morgan fingerprint density at radius 1 is 1.09 bits per heavy atom. The van der Waals surface area contributed by atoms with E-state index in [4.69, 9.17) is 17.4 Å². The molecule has 0 unspecified atom stereocenters. The number of halogens is 1. The molecule has 0 amide bonds. The van der Waals surface area contributed by atoms with Crippen LogP contribution < -0.4 is 5.84 Å². The Hall–Kier alpha value is -2.00. The van der Waals surface area contributed by atoms with Crippen LogP contribution in [0.4, 0.5) is 0 Å². The third kappa shape index (κ3) is 4.49. The maximum absolute atomic E-state index is 5.99. The Labute approximate surface area is 144 Å². The first-order valence-corrected chi connectivity index (χ1v) is 7.87. The highest BCUT2D eigenvalue weighted by molar-refractivity contribution is 6.30. The van der Waals surface area contributed by atoms with Crippen LogP contribution >= 0.6 is 11.6 Å². The highest BCUT2D eigenvalue weighted by Gasteiger charge is 2.18. The van der Waals surface area contributed by atoms with Gasteiger partial charge in [0, 0.05) is 34.6 Å². The quantitative estimate of drug-likeness (QED) is 0.353. The summed E-state index contributed by atoms with van der Waals surface area (Å²) in [4.78, 5) is 2.04. The molecule has 2 N–H and O–H groups in total. The molecule has 0 saturated heterocycles. The molecule has 0 aromatic heterocycles. The van der Waals surface area contributed by atoms with Crippen molar-refractivity contribution in [3.05, 3.63) is 69.5 Å². The molecule has 1 aromatic carbocycles. The van der Waals surface area contributed by atoms with Crippen molar-refractivity contribution in [3.8, 4) is 0 Å². The number of hydrogen-bond acceptors (Lipinski definition) is 3. The van der Waals surface area contributed by atoms with E-state index in [0.29, 0.717) is 5.02 Å². The molecule has 0 aliphatic rings. The molecule has 1 rings (SSSR count). The minimum atomic E-state index is 0.686. The Kier molecular flexibility index (Phi) is 6.64. The molecule has 0 heterocycles. The van der Waals surface area contributed by atoms with Gasteiger partial charge in [0.25, 0.3) is 0 Å². The monoisotopic (exact) mass is 331 g/mol. The third-order valence-corrected chi connectivity index (χ3v) is 4.30. The number of rotatable bonds is 5. The number of hydrogen-bond donors (Lipinski definition) is 1. The molecular weight excluding hydrogens is 306 g/mol. The molecule has 3 nitrogen and oxygen atoms in total. The van der Waals surface area contributed by atoms with Gasteiger partial charge in [0.05, 0.1) is 5.71 Å². The second-order valence-corrected chi connectivity index (χ2v) is 6.30. The van der Waals surface area contributed by atoms with E-state index < -0.39 is 0 Å². The van der Waals surface area contributed by atoms with Gasteiger partial charge < -0.3 is 10.7 Å². The summed E-state index contributed by atoms with van der Waals surface area (Å²) in [6.45, 7) is 14.3.